The lowest BCUT2D eigenvalue weighted by molar-refractivity contribution is -0.127. The molecule has 0 radical (unpaired) electrons. The van der Waals surface area contributed by atoms with Crippen molar-refractivity contribution in [1.29, 1.82) is 0 Å². The van der Waals surface area contributed by atoms with Gasteiger partial charge in [-0.05, 0) is 17.5 Å². The van der Waals surface area contributed by atoms with Crippen LogP contribution in [-0.2, 0) is 17.8 Å². The van der Waals surface area contributed by atoms with E-state index in [-0.39, 0.29) is 5.91 Å². The van der Waals surface area contributed by atoms with Crippen molar-refractivity contribution >= 4 is 5.91 Å². The fourth-order valence-electron chi connectivity index (χ4n) is 1.96. The second kappa shape index (κ2) is 4.35. The molecule has 1 aromatic rings. The van der Waals surface area contributed by atoms with E-state index in [0.29, 0.717) is 12.1 Å². The van der Waals surface area contributed by atoms with E-state index in [1.54, 1.807) is 0 Å². The van der Waals surface area contributed by atoms with Gasteiger partial charge in [-0.2, -0.15) is 0 Å². The summed E-state index contributed by atoms with van der Waals surface area (Å²) >= 11 is 0. The quantitative estimate of drug-likeness (QED) is 0.545. The number of carbonyl (C=O) groups excluding carboxylic acids is 1. The van der Waals surface area contributed by atoms with Gasteiger partial charge in [0.05, 0.1) is 0 Å². The Bertz CT molecular complexity index is 448. The van der Waals surface area contributed by atoms with E-state index in [9.17, 15) is 4.79 Å². The third-order valence-corrected chi connectivity index (χ3v) is 2.94. The molecule has 16 heavy (non-hydrogen) atoms. The maximum absolute atomic E-state index is 11.9. The Labute approximate surface area is 95.9 Å². The zero-order valence-electron chi connectivity index (χ0n) is 9.28. The average molecular weight is 213 g/mol. The number of carbonyl (C=O) groups is 1. The summed E-state index contributed by atoms with van der Waals surface area (Å²) < 4.78 is 0. The van der Waals surface area contributed by atoms with E-state index < -0.39 is 0 Å². The normalized spacial score (nSPS) is 14.1. The summed E-state index contributed by atoms with van der Waals surface area (Å²) in [5, 5.41) is 0. The van der Waals surface area contributed by atoms with Crippen molar-refractivity contribution in [2.45, 2.75) is 13.0 Å². The van der Waals surface area contributed by atoms with E-state index in [1.165, 1.54) is 17.2 Å². The third kappa shape index (κ3) is 1.91. The highest BCUT2D eigenvalue weighted by molar-refractivity contribution is 5.95. The smallest absolute Gasteiger partial charge is 0.253 e. The first-order valence-corrected chi connectivity index (χ1v) is 5.40. The number of fused-ring (bicyclic) bond motifs is 1. The fourth-order valence-corrected chi connectivity index (χ4v) is 1.96. The van der Waals surface area contributed by atoms with Crippen LogP contribution in [0.5, 0.6) is 0 Å². The van der Waals surface area contributed by atoms with Gasteiger partial charge in [-0.15, -0.1) is 0 Å². The summed E-state index contributed by atoms with van der Waals surface area (Å²) in [6.07, 6.45) is 2.44. The van der Waals surface area contributed by atoms with E-state index in [1.807, 2.05) is 17.0 Å². The molecule has 1 aliphatic heterocycles. The Morgan fingerprint density at radius 2 is 2.00 bits per heavy atom. The van der Waals surface area contributed by atoms with Crippen LogP contribution < -0.4 is 0 Å². The average Bonchev–Trinajstić information content (AvgIpc) is 2.36. The summed E-state index contributed by atoms with van der Waals surface area (Å²) in [7, 11) is 0. The number of benzene rings is 1. The molecule has 0 fully saturated rings. The molecule has 0 aromatic heterocycles. The van der Waals surface area contributed by atoms with Gasteiger partial charge in [-0.3, -0.25) is 4.79 Å². The molecule has 1 heterocycles. The zero-order chi connectivity index (χ0) is 11.5. The van der Waals surface area contributed by atoms with E-state index in [4.69, 9.17) is 0 Å². The lowest BCUT2D eigenvalue weighted by Crippen LogP contribution is -2.36. The first kappa shape index (κ1) is 10.7. The molecule has 0 aliphatic carbocycles. The molecular formula is C14H15NO. The van der Waals surface area contributed by atoms with Crippen LogP contribution in [0.25, 0.3) is 0 Å². The molecule has 1 aromatic carbocycles. The summed E-state index contributed by atoms with van der Waals surface area (Å²) in [4.78, 5) is 13.7. The van der Waals surface area contributed by atoms with Crippen LogP contribution in [0, 0.1) is 0 Å². The molecule has 0 spiro atoms. The van der Waals surface area contributed by atoms with Gasteiger partial charge in [0.25, 0.3) is 5.91 Å². The van der Waals surface area contributed by atoms with E-state index in [2.05, 4.69) is 25.3 Å². The minimum Gasteiger partial charge on any atom is -0.334 e. The molecule has 1 aliphatic rings. The maximum Gasteiger partial charge on any atom is 0.253 e. The van der Waals surface area contributed by atoms with Crippen molar-refractivity contribution < 1.29 is 4.79 Å². The maximum atomic E-state index is 11.9. The molecule has 0 saturated carbocycles. The van der Waals surface area contributed by atoms with E-state index in [0.717, 1.165) is 13.0 Å². The van der Waals surface area contributed by atoms with Gasteiger partial charge in [0.15, 0.2) is 0 Å². The molecule has 0 bridgehead atoms. The predicted octanol–water partition coefficient (Wildman–Crippen LogP) is 2.31. The Morgan fingerprint density at radius 1 is 1.31 bits per heavy atom. The first-order chi connectivity index (χ1) is 7.72. The highest BCUT2D eigenvalue weighted by Crippen LogP contribution is 2.19. The van der Waals surface area contributed by atoms with Gasteiger partial charge in [-0.1, -0.05) is 43.5 Å². The van der Waals surface area contributed by atoms with Crippen molar-refractivity contribution in [3.8, 4) is 0 Å². The Hall–Kier alpha value is -1.83. The second-order valence-corrected chi connectivity index (χ2v) is 3.97. The topological polar surface area (TPSA) is 20.3 Å². The van der Waals surface area contributed by atoms with Crippen molar-refractivity contribution in [1.82, 2.24) is 4.90 Å². The molecule has 2 rings (SSSR count). The molecule has 82 valence electrons. The van der Waals surface area contributed by atoms with Gasteiger partial charge >= 0.3 is 0 Å². The molecule has 2 nitrogen and oxygen atoms in total. The molecular weight excluding hydrogens is 198 g/mol. The standard InChI is InChI=1S/C14H15NO/c1-3-11(2)14(16)15-9-8-12-6-4-5-7-13(12)10-15/h3-7H,1-2,8-10H2. The van der Waals surface area contributed by atoms with Crippen molar-refractivity contribution in [2.75, 3.05) is 6.54 Å². The van der Waals surface area contributed by atoms with Gasteiger partial charge in [0.1, 0.15) is 0 Å². The predicted molar refractivity (Wildman–Crippen MR) is 64.9 cm³/mol. The summed E-state index contributed by atoms with van der Waals surface area (Å²) in [6.45, 7) is 8.72. The third-order valence-electron chi connectivity index (χ3n) is 2.94. The van der Waals surface area contributed by atoms with Gasteiger partial charge < -0.3 is 4.90 Å². The van der Waals surface area contributed by atoms with Crippen molar-refractivity contribution in [3.05, 3.63) is 60.2 Å². The van der Waals surface area contributed by atoms with Crippen molar-refractivity contribution in [2.24, 2.45) is 0 Å². The molecule has 1 amide bonds. The largest absolute Gasteiger partial charge is 0.334 e. The molecule has 2 heteroatoms. The van der Waals surface area contributed by atoms with Gasteiger partial charge in [-0.25, -0.2) is 0 Å². The van der Waals surface area contributed by atoms with Crippen LogP contribution >= 0.6 is 0 Å². The Morgan fingerprint density at radius 3 is 2.69 bits per heavy atom. The van der Waals surface area contributed by atoms with Crippen molar-refractivity contribution in [3.63, 3.8) is 0 Å². The van der Waals surface area contributed by atoms with Gasteiger partial charge in [0.2, 0.25) is 0 Å². The second-order valence-electron chi connectivity index (χ2n) is 3.97. The van der Waals surface area contributed by atoms with Crippen LogP contribution in [0.1, 0.15) is 11.1 Å². The number of amides is 1. The number of hydrogen-bond donors (Lipinski definition) is 0. The Balaban J connectivity index is 2.17. The monoisotopic (exact) mass is 213 g/mol. The van der Waals surface area contributed by atoms with Crippen LogP contribution in [0.2, 0.25) is 0 Å². The van der Waals surface area contributed by atoms with Crippen LogP contribution in [0.4, 0.5) is 0 Å². The molecule has 0 unspecified atom stereocenters. The Kier molecular flexibility index (Phi) is 2.91. The summed E-state index contributed by atoms with van der Waals surface area (Å²) in [6, 6.07) is 8.25. The highest BCUT2D eigenvalue weighted by Gasteiger charge is 2.20. The number of hydrogen-bond acceptors (Lipinski definition) is 1. The lowest BCUT2D eigenvalue weighted by atomic mass is 9.99. The lowest BCUT2D eigenvalue weighted by Gasteiger charge is -2.29. The van der Waals surface area contributed by atoms with Crippen LogP contribution in [0.3, 0.4) is 0 Å². The number of rotatable bonds is 2. The zero-order valence-corrected chi connectivity index (χ0v) is 9.28. The molecule has 0 saturated heterocycles. The van der Waals surface area contributed by atoms with Crippen LogP contribution in [0.15, 0.2) is 49.1 Å². The first-order valence-electron chi connectivity index (χ1n) is 5.40. The number of nitrogens with zero attached hydrogens (tertiary/aromatic N) is 1. The van der Waals surface area contributed by atoms with Gasteiger partial charge in [0, 0.05) is 18.7 Å². The summed E-state index contributed by atoms with van der Waals surface area (Å²) in [5.74, 6) is -0.00972. The SMILES string of the molecule is C=CC(=C)C(=O)N1CCc2ccccc2C1. The summed E-state index contributed by atoms with van der Waals surface area (Å²) in [5.41, 5.74) is 3.05. The molecule has 0 atom stereocenters. The van der Waals surface area contributed by atoms with Crippen LogP contribution in [-0.4, -0.2) is 17.4 Å². The fraction of sp³-hybridized carbons (Fsp3) is 0.214. The van der Waals surface area contributed by atoms with E-state index >= 15 is 0 Å². The minimum atomic E-state index is -0.00972. The highest BCUT2D eigenvalue weighted by atomic mass is 16.2. The molecule has 0 N–H and O–H groups in total. The minimum absolute atomic E-state index is 0.00972.